The maximum atomic E-state index is 13.3. The SMILES string of the molecule is COc1ccc(NC(=O)C2(c3ccc(F)cc3)CCOCC2)c(C#N)c1. The Kier molecular flexibility index (Phi) is 5.19. The molecule has 1 fully saturated rings. The molecule has 1 aliphatic rings. The normalized spacial score (nSPS) is 15.7. The van der Waals surface area contributed by atoms with Crippen molar-refractivity contribution in [3.63, 3.8) is 0 Å². The first-order valence-corrected chi connectivity index (χ1v) is 8.32. The van der Waals surface area contributed by atoms with Crippen LogP contribution in [-0.4, -0.2) is 26.2 Å². The van der Waals surface area contributed by atoms with Crippen molar-refractivity contribution < 1.29 is 18.7 Å². The average molecular weight is 354 g/mol. The largest absolute Gasteiger partial charge is 0.497 e. The Hall–Kier alpha value is -2.91. The van der Waals surface area contributed by atoms with E-state index in [0.29, 0.717) is 43.1 Å². The van der Waals surface area contributed by atoms with Crippen LogP contribution in [0.5, 0.6) is 5.75 Å². The molecule has 6 heteroatoms. The Labute approximate surface area is 151 Å². The molecule has 0 atom stereocenters. The molecular formula is C20H19FN2O3. The van der Waals surface area contributed by atoms with E-state index in [4.69, 9.17) is 9.47 Å². The second-order valence-electron chi connectivity index (χ2n) is 6.18. The summed E-state index contributed by atoms with van der Waals surface area (Å²) in [5.74, 6) is -0.0359. The topological polar surface area (TPSA) is 71.3 Å². The molecule has 0 aliphatic carbocycles. The van der Waals surface area contributed by atoms with Crippen molar-refractivity contribution in [2.75, 3.05) is 25.6 Å². The van der Waals surface area contributed by atoms with E-state index in [1.165, 1.54) is 19.2 Å². The van der Waals surface area contributed by atoms with Gasteiger partial charge in [0.1, 0.15) is 17.6 Å². The van der Waals surface area contributed by atoms with Crippen LogP contribution in [0.1, 0.15) is 24.0 Å². The molecule has 2 aromatic carbocycles. The lowest BCUT2D eigenvalue weighted by molar-refractivity contribution is -0.125. The van der Waals surface area contributed by atoms with Crippen molar-refractivity contribution in [3.05, 3.63) is 59.4 Å². The van der Waals surface area contributed by atoms with Gasteiger partial charge in [0.15, 0.2) is 0 Å². The van der Waals surface area contributed by atoms with Crippen molar-refractivity contribution in [2.45, 2.75) is 18.3 Å². The summed E-state index contributed by atoms with van der Waals surface area (Å²) in [4.78, 5) is 13.2. The highest BCUT2D eigenvalue weighted by molar-refractivity contribution is 6.00. The molecule has 0 radical (unpaired) electrons. The van der Waals surface area contributed by atoms with E-state index in [2.05, 4.69) is 11.4 Å². The van der Waals surface area contributed by atoms with Gasteiger partial charge in [0, 0.05) is 13.2 Å². The number of amides is 1. The molecule has 1 N–H and O–H groups in total. The van der Waals surface area contributed by atoms with Crippen molar-refractivity contribution in [3.8, 4) is 11.8 Å². The van der Waals surface area contributed by atoms with Crippen LogP contribution in [0.2, 0.25) is 0 Å². The molecule has 26 heavy (non-hydrogen) atoms. The standard InChI is InChI=1S/C20H19FN2O3/c1-25-17-6-7-18(14(12-17)13-22)23-19(24)20(8-10-26-11-9-20)15-2-4-16(21)5-3-15/h2-7,12H,8-11H2,1H3,(H,23,24). The smallest absolute Gasteiger partial charge is 0.235 e. The van der Waals surface area contributed by atoms with Crippen LogP contribution in [0.15, 0.2) is 42.5 Å². The summed E-state index contributed by atoms with van der Waals surface area (Å²) in [6, 6.07) is 13.0. The first-order valence-electron chi connectivity index (χ1n) is 8.32. The van der Waals surface area contributed by atoms with E-state index in [1.54, 1.807) is 30.3 Å². The molecule has 134 valence electrons. The van der Waals surface area contributed by atoms with E-state index in [0.717, 1.165) is 5.56 Å². The van der Waals surface area contributed by atoms with Gasteiger partial charge in [0.2, 0.25) is 5.91 Å². The van der Waals surface area contributed by atoms with Crippen molar-refractivity contribution in [1.82, 2.24) is 0 Å². The first kappa shape index (κ1) is 17.9. The number of hydrogen-bond donors (Lipinski definition) is 1. The summed E-state index contributed by atoms with van der Waals surface area (Å²) in [5, 5.41) is 12.2. The molecule has 0 spiro atoms. The molecule has 3 rings (SSSR count). The quantitative estimate of drug-likeness (QED) is 0.913. The van der Waals surface area contributed by atoms with E-state index < -0.39 is 5.41 Å². The van der Waals surface area contributed by atoms with Crippen molar-refractivity contribution in [1.29, 1.82) is 5.26 Å². The average Bonchev–Trinajstić information content (AvgIpc) is 2.69. The molecule has 1 heterocycles. The van der Waals surface area contributed by atoms with Crippen molar-refractivity contribution >= 4 is 11.6 Å². The molecule has 0 aromatic heterocycles. The predicted molar refractivity (Wildman–Crippen MR) is 94.5 cm³/mol. The first-order chi connectivity index (χ1) is 12.6. The number of benzene rings is 2. The van der Waals surface area contributed by atoms with E-state index in [9.17, 15) is 14.4 Å². The zero-order valence-corrected chi connectivity index (χ0v) is 14.4. The number of carbonyl (C=O) groups is 1. The van der Waals surface area contributed by atoms with Gasteiger partial charge in [-0.1, -0.05) is 12.1 Å². The van der Waals surface area contributed by atoms with Crippen molar-refractivity contribution in [2.24, 2.45) is 0 Å². The molecule has 0 saturated carbocycles. The Morgan fingerprint density at radius 1 is 1.23 bits per heavy atom. The fourth-order valence-electron chi connectivity index (χ4n) is 3.23. The number of halogens is 1. The third-order valence-electron chi connectivity index (χ3n) is 4.77. The minimum atomic E-state index is -0.821. The molecule has 2 aromatic rings. The monoisotopic (exact) mass is 354 g/mol. The number of rotatable bonds is 4. The molecule has 0 bridgehead atoms. The summed E-state index contributed by atoms with van der Waals surface area (Å²) in [5.41, 5.74) is 0.663. The van der Waals surface area contributed by atoms with Crippen LogP contribution >= 0.6 is 0 Å². The van der Waals surface area contributed by atoms with Gasteiger partial charge in [-0.2, -0.15) is 5.26 Å². The number of nitriles is 1. The molecule has 1 amide bonds. The van der Waals surface area contributed by atoms with Crippen LogP contribution < -0.4 is 10.1 Å². The minimum absolute atomic E-state index is 0.228. The summed E-state index contributed by atoms with van der Waals surface area (Å²) in [6.07, 6.45) is 0.977. The summed E-state index contributed by atoms with van der Waals surface area (Å²) in [7, 11) is 1.51. The highest BCUT2D eigenvalue weighted by Crippen LogP contribution is 2.36. The number of methoxy groups -OCH3 is 1. The fourth-order valence-corrected chi connectivity index (χ4v) is 3.23. The maximum Gasteiger partial charge on any atom is 0.235 e. The lowest BCUT2D eigenvalue weighted by Gasteiger charge is -2.36. The maximum absolute atomic E-state index is 13.3. The van der Waals surface area contributed by atoms with Crippen LogP contribution in [-0.2, 0) is 14.9 Å². The third-order valence-corrected chi connectivity index (χ3v) is 4.77. The van der Waals surface area contributed by atoms with Gasteiger partial charge >= 0.3 is 0 Å². The molecule has 5 nitrogen and oxygen atoms in total. The van der Waals surface area contributed by atoms with E-state index >= 15 is 0 Å². The minimum Gasteiger partial charge on any atom is -0.497 e. The highest BCUT2D eigenvalue weighted by atomic mass is 19.1. The van der Waals surface area contributed by atoms with E-state index in [-0.39, 0.29) is 11.7 Å². The third kappa shape index (κ3) is 3.39. The number of ether oxygens (including phenoxy) is 2. The van der Waals surface area contributed by atoms with Gasteiger partial charge in [0.05, 0.1) is 23.8 Å². The molecular weight excluding hydrogens is 335 g/mol. The number of anilines is 1. The van der Waals surface area contributed by atoms with Crippen LogP contribution in [0, 0.1) is 17.1 Å². The fraction of sp³-hybridized carbons (Fsp3) is 0.300. The second kappa shape index (κ2) is 7.54. The Balaban J connectivity index is 1.94. The summed E-state index contributed by atoms with van der Waals surface area (Å²) >= 11 is 0. The molecule has 1 saturated heterocycles. The summed E-state index contributed by atoms with van der Waals surface area (Å²) in [6.45, 7) is 0.886. The van der Waals surface area contributed by atoms with Crippen LogP contribution in [0.4, 0.5) is 10.1 Å². The van der Waals surface area contributed by atoms with Crippen LogP contribution in [0.3, 0.4) is 0 Å². The molecule has 0 unspecified atom stereocenters. The molecule has 1 aliphatic heterocycles. The number of carbonyl (C=O) groups excluding carboxylic acids is 1. The highest BCUT2D eigenvalue weighted by Gasteiger charge is 2.42. The number of nitrogens with one attached hydrogen (secondary N) is 1. The summed E-state index contributed by atoms with van der Waals surface area (Å²) < 4.78 is 23.9. The van der Waals surface area contributed by atoms with E-state index in [1.807, 2.05) is 0 Å². The Bertz CT molecular complexity index is 837. The van der Waals surface area contributed by atoms with Gasteiger partial charge in [-0.25, -0.2) is 4.39 Å². The van der Waals surface area contributed by atoms with Gasteiger partial charge in [-0.15, -0.1) is 0 Å². The zero-order valence-electron chi connectivity index (χ0n) is 14.4. The Morgan fingerprint density at radius 2 is 1.92 bits per heavy atom. The van der Waals surface area contributed by atoms with Gasteiger partial charge in [-0.05, 0) is 48.7 Å². The lowest BCUT2D eigenvalue weighted by Crippen LogP contribution is -2.45. The predicted octanol–water partition coefficient (Wildman–Crippen LogP) is 3.39. The van der Waals surface area contributed by atoms with Gasteiger partial charge in [-0.3, -0.25) is 4.79 Å². The Morgan fingerprint density at radius 3 is 2.54 bits per heavy atom. The lowest BCUT2D eigenvalue weighted by atomic mass is 9.73. The number of hydrogen-bond acceptors (Lipinski definition) is 4. The number of nitrogens with zero attached hydrogens (tertiary/aromatic N) is 1. The zero-order chi connectivity index (χ0) is 18.6. The van der Waals surface area contributed by atoms with Crippen LogP contribution in [0.25, 0.3) is 0 Å². The van der Waals surface area contributed by atoms with Gasteiger partial charge < -0.3 is 14.8 Å². The van der Waals surface area contributed by atoms with Gasteiger partial charge in [0.25, 0.3) is 0 Å². The second-order valence-corrected chi connectivity index (χ2v) is 6.18.